The van der Waals surface area contributed by atoms with E-state index in [9.17, 15) is 4.79 Å². The zero-order valence-electron chi connectivity index (χ0n) is 15.5. The molecule has 0 spiro atoms. The number of hydrogen-bond donors (Lipinski definition) is 2. The number of para-hydroxylation sites is 2. The maximum absolute atomic E-state index is 12.4. The minimum Gasteiger partial charge on any atom is -0.486 e. The molecule has 1 aliphatic rings. The van der Waals surface area contributed by atoms with Crippen LogP contribution in [0.2, 0.25) is 0 Å². The van der Waals surface area contributed by atoms with Gasteiger partial charge in [-0.1, -0.05) is 17.3 Å². The van der Waals surface area contributed by atoms with Gasteiger partial charge in [-0.2, -0.15) is 0 Å². The summed E-state index contributed by atoms with van der Waals surface area (Å²) in [5.41, 5.74) is 7.82. The first kappa shape index (κ1) is 18.8. The van der Waals surface area contributed by atoms with Crippen LogP contribution >= 0.6 is 11.3 Å². The molecule has 0 radical (unpaired) electrons. The Kier molecular flexibility index (Phi) is 5.62. The number of amides is 1. The quantitative estimate of drug-likeness (QED) is 0.366. The first-order valence-electron chi connectivity index (χ1n) is 8.98. The lowest BCUT2D eigenvalue weighted by Crippen LogP contribution is -2.15. The molecule has 0 saturated heterocycles. The summed E-state index contributed by atoms with van der Waals surface area (Å²) in [7, 11) is 0. The number of rotatable bonds is 6. The number of thiophene rings is 1. The van der Waals surface area contributed by atoms with Crippen LogP contribution in [-0.4, -0.2) is 25.3 Å². The minimum atomic E-state index is -0.209. The molecule has 3 N–H and O–H groups in total. The van der Waals surface area contributed by atoms with Gasteiger partial charge in [-0.15, -0.1) is 11.3 Å². The molecule has 2 heterocycles. The summed E-state index contributed by atoms with van der Waals surface area (Å²) in [6.07, 6.45) is 1.61. The molecule has 0 atom stereocenters. The van der Waals surface area contributed by atoms with E-state index in [1.165, 1.54) is 11.3 Å². The number of fused-ring (bicyclic) bond motifs is 1. The molecule has 0 aliphatic carbocycles. The number of ether oxygens (including phenoxy) is 2. The SMILES string of the molecule is Nc1ccccc1NC(=O)c1ccc(CON=Cc2ccc3c(c2)OCCO3)s1. The van der Waals surface area contributed by atoms with E-state index in [1.54, 1.807) is 24.4 Å². The van der Waals surface area contributed by atoms with Gasteiger partial charge in [-0.05, 0) is 42.5 Å². The number of anilines is 2. The summed E-state index contributed by atoms with van der Waals surface area (Å²) >= 11 is 1.34. The third-order valence-electron chi connectivity index (χ3n) is 4.14. The van der Waals surface area contributed by atoms with Crippen molar-refractivity contribution >= 4 is 34.8 Å². The molecule has 0 unspecified atom stereocenters. The van der Waals surface area contributed by atoms with Crippen LogP contribution in [0.3, 0.4) is 0 Å². The molecule has 7 nitrogen and oxygen atoms in total. The maximum Gasteiger partial charge on any atom is 0.265 e. The first-order chi connectivity index (χ1) is 14.2. The van der Waals surface area contributed by atoms with Gasteiger partial charge in [0.25, 0.3) is 5.91 Å². The van der Waals surface area contributed by atoms with Crippen LogP contribution in [0.4, 0.5) is 11.4 Å². The van der Waals surface area contributed by atoms with Crippen molar-refractivity contribution < 1.29 is 19.1 Å². The van der Waals surface area contributed by atoms with Crippen LogP contribution in [0.5, 0.6) is 11.5 Å². The lowest BCUT2D eigenvalue weighted by molar-refractivity contribution is 0.103. The fourth-order valence-electron chi connectivity index (χ4n) is 2.71. The Labute approximate surface area is 171 Å². The lowest BCUT2D eigenvalue weighted by Gasteiger charge is -2.18. The summed E-state index contributed by atoms with van der Waals surface area (Å²) < 4.78 is 11.0. The molecule has 1 aromatic heterocycles. The van der Waals surface area contributed by atoms with Gasteiger partial charge < -0.3 is 25.4 Å². The number of carbonyl (C=O) groups excluding carboxylic acids is 1. The Morgan fingerprint density at radius 3 is 2.83 bits per heavy atom. The van der Waals surface area contributed by atoms with E-state index in [0.717, 1.165) is 16.2 Å². The average molecular weight is 409 g/mol. The smallest absolute Gasteiger partial charge is 0.265 e. The zero-order chi connectivity index (χ0) is 20.1. The number of oxime groups is 1. The van der Waals surface area contributed by atoms with Crippen molar-refractivity contribution in [1.29, 1.82) is 0 Å². The van der Waals surface area contributed by atoms with E-state index in [0.29, 0.717) is 35.2 Å². The minimum absolute atomic E-state index is 0.209. The molecule has 3 aromatic rings. The van der Waals surface area contributed by atoms with E-state index in [2.05, 4.69) is 10.5 Å². The second-order valence-corrected chi connectivity index (χ2v) is 7.39. The molecular weight excluding hydrogens is 390 g/mol. The Morgan fingerprint density at radius 2 is 1.97 bits per heavy atom. The fraction of sp³-hybridized carbons (Fsp3) is 0.143. The average Bonchev–Trinajstić information content (AvgIpc) is 3.22. The standard InChI is InChI=1S/C21H19N3O4S/c22-16-3-1-2-4-17(16)24-21(25)20-8-6-15(29-20)13-28-23-12-14-5-7-18-19(11-14)27-10-9-26-18/h1-8,11-12H,9-10,13,22H2,(H,24,25). The summed E-state index contributed by atoms with van der Waals surface area (Å²) in [5, 5.41) is 6.79. The number of nitrogen functional groups attached to an aromatic ring is 1. The van der Waals surface area contributed by atoms with Gasteiger partial charge >= 0.3 is 0 Å². The molecule has 148 valence electrons. The van der Waals surface area contributed by atoms with Crippen molar-refractivity contribution in [3.05, 3.63) is 69.9 Å². The summed E-state index contributed by atoms with van der Waals surface area (Å²) in [6, 6.07) is 16.3. The van der Waals surface area contributed by atoms with Crippen molar-refractivity contribution in [3.8, 4) is 11.5 Å². The van der Waals surface area contributed by atoms with E-state index in [4.69, 9.17) is 20.0 Å². The number of benzene rings is 2. The predicted octanol–water partition coefficient (Wildman–Crippen LogP) is 3.90. The highest BCUT2D eigenvalue weighted by Crippen LogP contribution is 2.30. The Morgan fingerprint density at radius 1 is 1.14 bits per heavy atom. The van der Waals surface area contributed by atoms with Gasteiger partial charge in [0.05, 0.1) is 22.5 Å². The van der Waals surface area contributed by atoms with Gasteiger partial charge in [-0.25, -0.2) is 0 Å². The topological polar surface area (TPSA) is 95.2 Å². The van der Waals surface area contributed by atoms with Crippen LogP contribution < -0.4 is 20.5 Å². The second-order valence-electron chi connectivity index (χ2n) is 6.22. The molecule has 0 saturated carbocycles. The van der Waals surface area contributed by atoms with Crippen molar-refractivity contribution in [2.45, 2.75) is 6.61 Å². The first-order valence-corrected chi connectivity index (χ1v) is 9.80. The van der Waals surface area contributed by atoms with Crippen LogP contribution in [0.1, 0.15) is 20.1 Å². The molecule has 29 heavy (non-hydrogen) atoms. The van der Waals surface area contributed by atoms with Crippen LogP contribution in [-0.2, 0) is 11.4 Å². The highest BCUT2D eigenvalue weighted by Gasteiger charge is 2.12. The molecule has 0 fully saturated rings. The Balaban J connectivity index is 1.31. The summed E-state index contributed by atoms with van der Waals surface area (Å²) in [5.74, 6) is 1.23. The highest BCUT2D eigenvalue weighted by atomic mass is 32.1. The number of nitrogens with zero attached hydrogens (tertiary/aromatic N) is 1. The van der Waals surface area contributed by atoms with Crippen LogP contribution in [0.25, 0.3) is 0 Å². The lowest BCUT2D eigenvalue weighted by atomic mass is 10.2. The van der Waals surface area contributed by atoms with Gasteiger partial charge in [0.2, 0.25) is 0 Å². The van der Waals surface area contributed by atoms with E-state index >= 15 is 0 Å². The molecule has 1 amide bonds. The summed E-state index contributed by atoms with van der Waals surface area (Å²) in [6.45, 7) is 1.37. The Bertz CT molecular complexity index is 1050. The third-order valence-corrected chi connectivity index (χ3v) is 5.20. The number of hydrogen-bond acceptors (Lipinski definition) is 7. The Hall–Kier alpha value is -3.52. The van der Waals surface area contributed by atoms with Crippen molar-refractivity contribution in [3.63, 3.8) is 0 Å². The van der Waals surface area contributed by atoms with Crippen molar-refractivity contribution in [2.24, 2.45) is 5.16 Å². The van der Waals surface area contributed by atoms with Gasteiger partial charge in [0.15, 0.2) is 18.1 Å². The molecular formula is C21H19N3O4S. The second kappa shape index (κ2) is 8.66. The van der Waals surface area contributed by atoms with E-state index < -0.39 is 0 Å². The third kappa shape index (κ3) is 4.67. The summed E-state index contributed by atoms with van der Waals surface area (Å²) in [4.78, 5) is 19.2. The number of nitrogens with one attached hydrogen (secondary N) is 1. The van der Waals surface area contributed by atoms with Crippen molar-refractivity contribution in [2.75, 3.05) is 24.3 Å². The fourth-order valence-corrected chi connectivity index (χ4v) is 3.52. The zero-order valence-corrected chi connectivity index (χ0v) is 16.3. The molecule has 1 aliphatic heterocycles. The molecule has 0 bridgehead atoms. The normalized spacial score (nSPS) is 12.7. The monoisotopic (exact) mass is 409 g/mol. The number of carbonyl (C=O) groups is 1. The van der Waals surface area contributed by atoms with E-state index in [-0.39, 0.29) is 12.5 Å². The van der Waals surface area contributed by atoms with Crippen molar-refractivity contribution in [1.82, 2.24) is 0 Å². The van der Waals surface area contributed by atoms with Gasteiger partial charge in [-0.3, -0.25) is 4.79 Å². The largest absolute Gasteiger partial charge is 0.486 e. The molecule has 2 aromatic carbocycles. The number of nitrogens with two attached hydrogens (primary N) is 1. The van der Waals surface area contributed by atoms with Crippen LogP contribution in [0, 0.1) is 0 Å². The molecule has 8 heteroatoms. The van der Waals surface area contributed by atoms with Crippen LogP contribution in [0.15, 0.2) is 59.8 Å². The van der Waals surface area contributed by atoms with Gasteiger partial charge in [0.1, 0.15) is 13.2 Å². The van der Waals surface area contributed by atoms with Gasteiger partial charge in [0, 0.05) is 10.4 Å². The molecule has 4 rings (SSSR count). The predicted molar refractivity (Wildman–Crippen MR) is 113 cm³/mol. The highest BCUT2D eigenvalue weighted by molar-refractivity contribution is 7.14. The maximum atomic E-state index is 12.4. The van der Waals surface area contributed by atoms with E-state index in [1.807, 2.05) is 36.4 Å².